The number of aryl methyl sites for hydroxylation is 1. The van der Waals surface area contributed by atoms with Crippen molar-refractivity contribution < 1.29 is 9.34 Å². The van der Waals surface area contributed by atoms with Crippen molar-refractivity contribution >= 4 is 28.7 Å². The molecule has 0 saturated heterocycles. The van der Waals surface area contributed by atoms with E-state index in [-0.39, 0.29) is 5.69 Å². The molecule has 6 heteroatoms. The van der Waals surface area contributed by atoms with Crippen LogP contribution in [0, 0.1) is 17.0 Å². The predicted molar refractivity (Wildman–Crippen MR) is 105 cm³/mol. The molecule has 0 aliphatic heterocycles. The second-order valence-electron chi connectivity index (χ2n) is 6.06. The van der Waals surface area contributed by atoms with Crippen LogP contribution in [0.3, 0.4) is 0 Å². The third-order valence-corrected chi connectivity index (χ3v) is 4.22. The van der Waals surface area contributed by atoms with Gasteiger partial charge in [0.1, 0.15) is 5.52 Å². The summed E-state index contributed by atoms with van der Waals surface area (Å²) in [6, 6.07) is 19.7. The Morgan fingerprint density at radius 2 is 1.81 bits per heavy atom. The molecule has 0 radical (unpaired) electrons. The molecule has 0 aliphatic rings. The molecule has 6 nitrogen and oxygen atoms in total. The number of nitrogens with zero attached hydrogens (tertiary/aromatic N) is 3. The van der Waals surface area contributed by atoms with Crippen LogP contribution in [0.5, 0.6) is 0 Å². The van der Waals surface area contributed by atoms with Gasteiger partial charge in [0.25, 0.3) is 5.69 Å². The highest BCUT2D eigenvalue weighted by molar-refractivity contribution is 5.87. The lowest BCUT2D eigenvalue weighted by molar-refractivity contribution is -0.385. The summed E-state index contributed by atoms with van der Waals surface area (Å²) in [5.74, 6) is 0.550. The number of benzene rings is 3. The Bertz CT molecular complexity index is 1160. The van der Waals surface area contributed by atoms with E-state index in [0.29, 0.717) is 17.1 Å². The van der Waals surface area contributed by atoms with Gasteiger partial charge in [0.15, 0.2) is 5.58 Å². The molecule has 0 amide bonds. The molecule has 0 fully saturated rings. The highest BCUT2D eigenvalue weighted by atomic mass is 16.6. The molecule has 0 bridgehead atoms. The second-order valence-corrected chi connectivity index (χ2v) is 6.06. The van der Waals surface area contributed by atoms with Gasteiger partial charge in [0.05, 0.1) is 16.2 Å². The minimum atomic E-state index is -0.417. The lowest BCUT2D eigenvalue weighted by Crippen LogP contribution is -1.93. The van der Waals surface area contributed by atoms with Crippen molar-refractivity contribution in [2.24, 2.45) is 4.99 Å². The molecular weight excluding hydrogens is 342 g/mol. The minimum absolute atomic E-state index is 0.0275. The van der Waals surface area contributed by atoms with Gasteiger partial charge in [-0.05, 0) is 48.9 Å². The van der Waals surface area contributed by atoms with Crippen molar-refractivity contribution in [1.82, 2.24) is 4.98 Å². The van der Waals surface area contributed by atoms with E-state index in [4.69, 9.17) is 4.42 Å². The average Bonchev–Trinajstić information content (AvgIpc) is 3.13. The fraction of sp³-hybridized carbons (Fsp3) is 0.0476. The Kier molecular flexibility index (Phi) is 4.22. The first-order valence-corrected chi connectivity index (χ1v) is 8.36. The zero-order valence-electron chi connectivity index (χ0n) is 14.5. The Morgan fingerprint density at radius 1 is 1.04 bits per heavy atom. The Labute approximate surface area is 155 Å². The number of nitro benzene ring substituents is 1. The predicted octanol–water partition coefficient (Wildman–Crippen LogP) is 5.46. The van der Waals surface area contributed by atoms with Gasteiger partial charge in [-0.15, -0.1) is 0 Å². The van der Waals surface area contributed by atoms with Gasteiger partial charge >= 0.3 is 0 Å². The number of para-hydroxylation sites is 2. The summed E-state index contributed by atoms with van der Waals surface area (Å²) < 4.78 is 5.82. The maximum atomic E-state index is 11.1. The molecule has 4 rings (SSSR count). The number of rotatable bonds is 4. The van der Waals surface area contributed by atoms with Crippen molar-refractivity contribution in [3.63, 3.8) is 0 Å². The smallest absolute Gasteiger partial charge is 0.278 e. The quantitative estimate of drug-likeness (QED) is 0.276. The molecule has 0 spiro atoms. The summed E-state index contributed by atoms with van der Waals surface area (Å²) in [4.78, 5) is 19.5. The van der Waals surface area contributed by atoms with Crippen LogP contribution >= 0.6 is 0 Å². The maximum absolute atomic E-state index is 11.1. The van der Waals surface area contributed by atoms with E-state index >= 15 is 0 Å². The molecule has 0 aliphatic carbocycles. The number of hydrogen-bond acceptors (Lipinski definition) is 5. The van der Waals surface area contributed by atoms with Crippen molar-refractivity contribution in [3.05, 3.63) is 88.0 Å². The van der Waals surface area contributed by atoms with E-state index in [1.807, 2.05) is 49.4 Å². The first kappa shape index (κ1) is 16.7. The number of aromatic nitrogens is 1. The third-order valence-electron chi connectivity index (χ3n) is 4.22. The highest BCUT2D eigenvalue weighted by Gasteiger charge is 2.11. The van der Waals surface area contributed by atoms with Crippen LogP contribution in [-0.2, 0) is 0 Å². The highest BCUT2D eigenvalue weighted by Crippen LogP contribution is 2.27. The molecule has 132 valence electrons. The summed E-state index contributed by atoms with van der Waals surface area (Å²) in [7, 11) is 0. The number of nitro groups is 1. The van der Waals surface area contributed by atoms with E-state index < -0.39 is 4.92 Å². The van der Waals surface area contributed by atoms with Gasteiger partial charge < -0.3 is 4.42 Å². The van der Waals surface area contributed by atoms with E-state index in [1.54, 1.807) is 18.2 Å². The monoisotopic (exact) mass is 357 g/mol. The first-order valence-electron chi connectivity index (χ1n) is 8.36. The number of oxazole rings is 1. The summed E-state index contributed by atoms with van der Waals surface area (Å²) in [6.45, 7) is 2.00. The molecule has 4 aromatic rings. The topological polar surface area (TPSA) is 81.5 Å². The molecule has 0 atom stereocenters. The zero-order valence-corrected chi connectivity index (χ0v) is 14.5. The lowest BCUT2D eigenvalue weighted by atomic mass is 10.2. The summed E-state index contributed by atoms with van der Waals surface area (Å²) >= 11 is 0. The standard InChI is InChI=1S/C21H15N3O3/c1-14-5-4-8-19-20(14)23-21(27-19)15-9-11-17(12-10-15)22-13-16-6-2-3-7-18(16)24(25)26/h2-13H,1H3. The molecular formula is C21H15N3O3. The van der Waals surface area contributed by atoms with Crippen LogP contribution in [0.4, 0.5) is 11.4 Å². The minimum Gasteiger partial charge on any atom is -0.436 e. The van der Waals surface area contributed by atoms with Crippen LogP contribution in [0.1, 0.15) is 11.1 Å². The van der Waals surface area contributed by atoms with Gasteiger partial charge in [-0.25, -0.2) is 4.98 Å². The van der Waals surface area contributed by atoms with Gasteiger partial charge in [-0.1, -0.05) is 24.3 Å². The fourth-order valence-electron chi connectivity index (χ4n) is 2.81. The molecule has 27 heavy (non-hydrogen) atoms. The van der Waals surface area contributed by atoms with Gasteiger partial charge in [-0.3, -0.25) is 15.1 Å². The summed E-state index contributed by atoms with van der Waals surface area (Å²) in [5, 5.41) is 11.1. The van der Waals surface area contributed by atoms with Crippen LogP contribution < -0.4 is 0 Å². The van der Waals surface area contributed by atoms with Gasteiger partial charge in [0.2, 0.25) is 5.89 Å². The van der Waals surface area contributed by atoms with E-state index in [9.17, 15) is 10.1 Å². The maximum Gasteiger partial charge on any atom is 0.278 e. The molecule has 0 unspecified atom stereocenters. The zero-order chi connectivity index (χ0) is 18.8. The largest absolute Gasteiger partial charge is 0.436 e. The molecule has 1 aromatic heterocycles. The van der Waals surface area contributed by atoms with Crippen LogP contribution in [-0.4, -0.2) is 16.1 Å². The fourth-order valence-corrected chi connectivity index (χ4v) is 2.81. The number of fused-ring (bicyclic) bond motifs is 1. The molecule has 0 saturated carbocycles. The van der Waals surface area contributed by atoms with E-state index in [0.717, 1.165) is 22.2 Å². The Balaban J connectivity index is 1.61. The lowest BCUT2D eigenvalue weighted by Gasteiger charge is -1.98. The van der Waals surface area contributed by atoms with E-state index in [2.05, 4.69) is 9.98 Å². The van der Waals surface area contributed by atoms with Crippen molar-refractivity contribution in [3.8, 4) is 11.5 Å². The van der Waals surface area contributed by atoms with Crippen LogP contribution in [0.25, 0.3) is 22.6 Å². The average molecular weight is 357 g/mol. The molecule has 0 N–H and O–H groups in total. The Hall–Kier alpha value is -3.80. The van der Waals surface area contributed by atoms with Crippen LogP contribution in [0.15, 0.2) is 76.1 Å². The van der Waals surface area contributed by atoms with Crippen molar-refractivity contribution in [2.75, 3.05) is 0 Å². The second kappa shape index (κ2) is 6.84. The van der Waals surface area contributed by atoms with Crippen molar-refractivity contribution in [2.45, 2.75) is 6.92 Å². The Morgan fingerprint density at radius 3 is 2.56 bits per heavy atom. The van der Waals surface area contributed by atoms with Crippen molar-refractivity contribution in [1.29, 1.82) is 0 Å². The normalized spacial score (nSPS) is 11.3. The summed E-state index contributed by atoms with van der Waals surface area (Å²) in [5.41, 5.74) is 4.68. The SMILES string of the molecule is Cc1cccc2oc(-c3ccc(N=Cc4ccccc4[N+](=O)[O-])cc3)nc12. The third kappa shape index (κ3) is 3.32. The molecule has 1 heterocycles. The van der Waals surface area contributed by atoms with Gasteiger partial charge in [-0.2, -0.15) is 0 Å². The van der Waals surface area contributed by atoms with Crippen LogP contribution in [0.2, 0.25) is 0 Å². The first-order chi connectivity index (χ1) is 13.1. The number of aliphatic imine (C=N–C) groups is 1. The molecule has 3 aromatic carbocycles. The summed E-state index contributed by atoms with van der Waals surface area (Å²) in [6.07, 6.45) is 1.50. The number of hydrogen-bond donors (Lipinski definition) is 0. The van der Waals surface area contributed by atoms with Gasteiger partial charge in [0, 0.05) is 17.8 Å². The van der Waals surface area contributed by atoms with E-state index in [1.165, 1.54) is 12.3 Å².